The fraction of sp³-hybridized carbons (Fsp3) is 0.227. The van der Waals surface area contributed by atoms with Gasteiger partial charge in [0.2, 0.25) is 5.91 Å². The van der Waals surface area contributed by atoms with Gasteiger partial charge in [-0.25, -0.2) is 4.68 Å². The van der Waals surface area contributed by atoms with Crippen LogP contribution in [0.4, 0.5) is 24.7 Å². The van der Waals surface area contributed by atoms with Crippen molar-refractivity contribution in [3.63, 3.8) is 0 Å². The first-order valence-corrected chi connectivity index (χ1v) is 9.79. The number of benzene rings is 2. The van der Waals surface area contributed by atoms with E-state index in [0.29, 0.717) is 17.1 Å². The molecule has 0 saturated carbocycles. The molecule has 1 aliphatic heterocycles. The molecule has 0 bridgehead atoms. The fourth-order valence-corrected chi connectivity index (χ4v) is 3.42. The number of carbonyl (C=O) groups is 2. The number of anilines is 2. The molecule has 166 valence electrons. The molecular formula is C22H19F3N4O3. The molecule has 0 unspecified atom stereocenters. The summed E-state index contributed by atoms with van der Waals surface area (Å²) in [6.07, 6.45) is -4.52. The minimum Gasteiger partial charge on any atom is -0.482 e. The first-order chi connectivity index (χ1) is 15.2. The van der Waals surface area contributed by atoms with Crippen LogP contribution >= 0.6 is 0 Å². The summed E-state index contributed by atoms with van der Waals surface area (Å²) in [5.41, 5.74) is 0.460. The Morgan fingerprint density at radius 2 is 1.94 bits per heavy atom. The molecule has 1 aliphatic rings. The quantitative estimate of drug-likeness (QED) is 0.647. The summed E-state index contributed by atoms with van der Waals surface area (Å²) >= 11 is 0. The van der Waals surface area contributed by atoms with Gasteiger partial charge in [0.1, 0.15) is 11.6 Å². The van der Waals surface area contributed by atoms with Crippen molar-refractivity contribution in [1.82, 2.24) is 9.78 Å². The van der Waals surface area contributed by atoms with Crippen LogP contribution in [0.2, 0.25) is 0 Å². The third-order valence-electron chi connectivity index (χ3n) is 4.89. The summed E-state index contributed by atoms with van der Waals surface area (Å²) < 4.78 is 45.9. The Morgan fingerprint density at radius 3 is 2.72 bits per heavy atom. The third kappa shape index (κ3) is 4.43. The van der Waals surface area contributed by atoms with Crippen LogP contribution < -0.4 is 15.0 Å². The predicted molar refractivity (Wildman–Crippen MR) is 111 cm³/mol. The van der Waals surface area contributed by atoms with Crippen LogP contribution in [0.5, 0.6) is 5.75 Å². The lowest BCUT2D eigenvalue weighted by Crippen LogP contribution is -2.40. The Morgan fingerprint density at radius 1 is 1.16 bits per heavy atom. The van der Waals surface area contributed by atoms with Gasteiger partial charge in [-0.1, -0.05) is 18.2 Å². The Hall–Kier alpha value is -3.82. The molecule has 10 heteroatoms. The van der Waals surface area contributed by atoms with E-state index in [1.165, 1.54) is 21.7 Å². The maximum absolute atomic E-state index is 13.1. The van der Waals surface area contributed by atoms with Crippen molar-refractivity contribution in [3.05, 3.63) is 65.9 Å². The van der Waals surface area contributed by atoms with Gasteiger partial charge in [-0.15, -0.1) is 0 Å². The zero-order valence-electron chi connectivity index (χ0n) is 17.0. The number of aryl methyl sites for hydroxylation is 1. The number of para-hydroxylation sites is 2. The lowest BCUT2D eigenvalue weighted by Gasteiger charge is -2.29. The van der Waals surface area contributed by atoms with Gasteiger partial charge in [0.15, 0.2) is 6.61 Å². The molecule has 4 rings (SSSR count). The number of nitrogens with zero attached hydrogens (tertiary/aromatic N) is 3. The summed E-state index contributed by atoms with van der Waals surface area (Å²) in [7, 11) is 0. The SMILES string of the molecule is Cc1cc(NC(=O)CCN2C(=O)COc3ccccc32)n(-c2cccc(C(F)(F)F)c2)n1. The van der Waals surface area contributed by atoms with Gasteiger partial charge >= 0.3 is 6.18 Å². The number of hydrogen-bond acceptors (Lipinski definition) is 4. The molecule has 0 spiro atoms. The fourth-order valence-electron chi connectivity index (χ4n) is 3.42. The van der Waals surface area contributed by atoms with Crippen LogP contribution in [0.15, 0.2) is 54.6 Å². The largest absolute Gasteiger partial charge is 0.482 e. The number of alkyl halides is 3. The third-order valence-corrected chi connectivity index (χ3v) is 4.89. The summed E-state index contributed by atoms with van der Waals surface area (Å²) in [5, 5.41) is 6.88. The molecule has 2 amide bonds. The summed E-state index contributed by atoms with van der Waals surface area (Å²) in [5.74, 6) is 0.127. The van der Waals surface area contributed by atoms with Crippen LogP contribution in [0.25, 0.3) is 5.69 Å². The Labute approximate surface area is 181 Å². The van der Waals surface area contributed by atoms with Crippen molar-refractivity contribution in [3.8, 4) is 11.4 Å². The van der Waals surface area contributed by atoms with Gasteiger partial charge in [0, 0.05) is 19.0 Å². The van der Waals surface area contributed by atoms with Crippen LogP contribution in [0.3, 0.4) is 0 Å². The highest BCUT2D eigenvalue weighted by Gasteiger charge is 2.31. The molecule has 0 atom stereocenters. The number of amides is 2. The molecule has 0 aliphatic carbocycles. The number of carbonyl (C=O) groups excluding carboxylic acids is 2. The highest BCUT2D eigenvalue weighted by atomic mass is 19.4. The average Bonchev–Trinajstić information content (AvgIpc) is 3.12. The molecular weight excluding hydrogens is 425 g/mol. The molecule has 32 heavy (non-hydrogen) atoms. The Bertz CT molecular complexity index is 1170. The second-order valence-electron chi connectivity index (χ2n) is 7.23. The average molecular weight is 444 g/mol. The topological polar surface area (TPSA) is 76.5 Å². The van der Waals surface area contributed by atoms with Gasteiger partial charge in [-0.05, 0) is 37.3 Å². The zero-order chi connectivity index (χ0) is 22.9. The highest BCUT2D eigenvalue weighted by Crippen LogP contribution is 2.32. The Balaban J connectivity index is 1.49. The van der Waals surface area contributed by atoms with Crippen molar-refractivity contribution in [2.24, 2.45) is 0 Å². The number of fused-ring (bicyclic) bond motifs is 1. The van der Waals surface area contributed by atoms with Gasteiger partial charge in [-0.2, -0.15) is 18.3 Å². The lowest BCUT2D eigenvalue weighted by atomic mass is 10.2. The van der Waals surface area contributed by atoms with E-state index in [4.69, 9.17) is 4.74 Å². The molecule has 0 fully saturated rings. The monoisotopic (exact) mass is 444 g/mol. The molecule has 0 radical (unpaired) electrons. The second kappa shape index (κ2) is 8.37. The van der Waals surface area contributed by atoms with E-state index in [-0.39, 0.29) is 37.0 Å². The number of nitrogens with one attached hydrogen (secondary N) is 1. The van der Waals surface area contributed by atoms with E-state index in [1.54, 1.807) is 37.3 Å². The normalized spacial score (nSPS) is 13.5. The molecule has 7 nitrogen and oxygen atoms in total. The molecule has 1 N–H and O–H groups in total. The molecule has 2 heterocycles. The highest BCUT2D eigenvalue weighted by molar-refractivity contribution is 5.99. The van der Waals surface area contributed by atoms with E-state index >= 15 is 0 Å². The van der Waals surface area contributed by atoms with E-state index < -0.39 is 17.6 Å². The zero-order valence-corrected chi connectivity index (χ0v) is 17.0. The van der Waals surface area contributed by atoms with Crippen molar-refractivity contribution in [2.75, 3.05) is 23.4 Å². The first-order valence-electron chi connectivity index (χ1n) is 9.79. The van der Waals surface area contributed by atoms with Gasteiger partial charge in [0.05, 0.1) is 22.6 Å². The predicted octanol–water partition coefficient (Wildman–Crippen LogP) is 3.95. The first kappa shape index (κ1) is 21.4. The number of ether oxygens (including phenoxy) is 1. The second-order valence-corrected chi connectivity index (χ2v) is 7.23. The maximum Gasteiger partial charge on any atom is 0.416 e. The molecule has 0 saturated heterocycles. The van der Waals surface area contributed by atoms with Gasteiger partial charge in [-0.3, -0.25) is 9.59 Å². The molecule has 1 aromatic heterocycles. The van der Waals surface area contributed by atoms with E-state index in [2.05, 4.69) is 10.4 Å². The molecule has 2 aromatic carbocycles. The van der Waals surface area contributed by atoms with Crippen molar-refractivity contribution < 1.29 is 27.5 Å². The lowest BCUT2D eigenvalue weighted by molar-refractivity contribution is -0.137. The summed E-state index contributed by atoms with van der Waals surface area (Å²) in [6.45, 7) is 1.69. The maximum atomic E-state index is 13.1. The van der Waals surface area contributed by atoms with E-state index in [9.17, 15) is 22.8 Å². The number of aromatic nitrogens is 2. The van der Waals surface area contributed by atoms with E-state index in [1.807, 2.05) is 0 Å². The number of halogens is 3. The summed E-state index contributed by atoms with van der Waals surface area (Å²) in [4.78, 5) is 26.3. The van der Waals surface area contributed by atoms with Crippen LogP contribution in [-0.4, -0.2) is 34.7 Å². The summed E-state index contributed by atoms with van der Waals surface area (Å²) in [6, 6.07) is 13.3. The van der Waals surface area contributed by atoms with Crippen molar-refractivity contribution in [1.29, 1.82) is 0 Å². The van der Waals surface area contributed by atoms with Crippen LogP contribution in [0, 0.1) is 6.92 Å². The number of hydrogen-bond donors (Lipinski definition) is 1. The smallest absolute Gasteiger partial charge is 0.416 e. The minimum absolute atomic E-state index is 0.0209. The van der Waals surface area contributed by atoms with Crippen molar-refractivity contribution >= 4 is 23.3 Å². The standard InChI is InChI=1S/C22H19F3N4O3/c1-14-11-19(29(27-14)16-6-4-5-15(12-16)22(23,24)25)26-20(30)9-10-28-17-7-2-3-8-18(17)32-13-21(28)31/h2-8,11-12H,9-10,13H2,1H3,(H,26,30). The van der Waals surface area contributed by atoms with Crippen LogP contribution in [0.1, 0.15) is 17.7 Å². The Kier molecular flexibility index (Phi) is 5.60. The van der Waals surface area contributed by atoms with Gasteiger partial charge < -0.3 is 15.0 Å². The number of rotatable bonds is 5. The molecule has 3 aromatic rings. The minimum atomic E-state index is -4.50. The van der Waals surface area contributed by atoms with Crippen LogP contribution in [-0.2, 0) is 15.8 Å². The van der Waals surface area contributed by atoms with Gasteiger partial charge in [0.25, 0.3) is 5.91 Å². The van der Waals surface area contributed by atoms with E-state index in [0.717, 1.165) is 12.1 Å². The van der Waals surface area contributed by atoms with Crippen molar-refractivity contribution in [2.45, 2.75) is 19.5 Å².